The van der Waals surface area contributed by atoms with Crippen molar-refractivity contribution in [3.8, 4) is 0 Å². The maximum absolute atomic E-state index is 4.19. The highest BCUT2D eigenvalue weighted by Crippen LogP contribution is 2.02. The van der Waals surface area contributed by atoms with Gasteiger partial charge >= 0.3 is 0 Å². The number of hydrogen-bond donors (Lipinski definition) is 2. The molecule has 0 radical (unpaired) electrons. The Labute approximate surface area is 142 Å². The third kappa shape index (κ3) is 5.33. The molecule has 0 aliphatic carbocycles. The molecule has 0 aliphatic rings. The average Bonchev–Trinajstić information content (AvgIpc) is 2.86. The third-order valence-electron chi connectivity index (χ3n) is 3.02. The zero-order valence-corrected chi connectivity index (χ0v) is 14.8. The monoisotopic (exact) mass is 400 g/mol. The quantitative estimate of drug-likeness (QED) is 0.465. The molecule has 1 aromatic carbocycles. The van der Waals surface area contributed by atoms with Crippen LogP contribution in [-0.4, -0.2) is 27.8 Å². The minimum atomic E-state index is 0. The van der Waals surface area contributed by atoms with E-state index in [9.17, 15) is 0 Å². The van der Waals surface area contributed by atoms with Crippen LogP contribution >= 0.6 is 24.0 Å². The number of halogens is 1. The highest BCUT2D eigenvalue weighted by atomic mass is 127. The number of aromatic nitrogens is 3. The van der Waals surface area contributed by atoms with Crippen LogP contribution < -0.4 is 10.6 Å². The number of aryl methyl sites for hydroxylation is 2. The van der Waals surface area contributed by atoms with Gasteiger partial charge in [0.15, 0.2) is 5.96 Å². The van der Waals surface area contributed by atoms with E-state index in [1.54, 1.807) is 18.1 Å². The lowest BCUT2D eigenvalue weighted by atomic mass is 10.1. The predicted octanol–water partition coefficient (Wildman–Crippen LogP) is 1.61. The fraction of sp³-hybridized carbons (Fsp3) is 0.357. The molecule has 2 aromatic rings. The Morgan fingerprint density at radius 2 is 1.86 bits per heavy atom. The summed E-state index contributed by atoms with van der Waals surface area (Å²) in [6.45, 7) is 3.40. The van der Waals surface area contributed by atoms with Crippen LogP contribution in [0.15, 0.2) is 35.6 Å². The van der Waals surface area contributed by atoms with Gasteiger partial charge in [0.25, 0.3) is 0 Å². The molecule has 2 rings (SSSR count). The van der Waals surface area contributed by atoms with Crippen molar-refractivity contribution in [3.63, 3.8) is 0 Å². The van der Waals surface area contributed by atoms with Crippen LogP contribution in [0.2, 0.25) is 0 Å². The molecule has 1 heterocycles. The van der Waals surface area contributed by atoms with Gasteiger partial charge in [0.1, 0.15) is 12.2 Å². The van der Waals surface area contributed by atoms with Crippen LogP contribution in [0.25, 0.3) is 0 Å². The van der Waals surface area contributed by atoms with Gasteiger partial charge in [0.05, 0.1) is 6.54 Å². The van der Waals surface area contributed by atoms with Gasteiger partial charge in [-0.25, -0.2) is 4.98 Å². The van der Waals surface area contributed by atoms with Gasteiger partial charge in [-0.15, -0.1) is 24.0 Å². The molecule has 6 nitrogen and oxygen atoms in total. The first-order valence-corrected chi connectivity index (χ1v) is 6.52. The number of aliphatic imine (C=N–C) groups is 1. The molecule has 0 bridgehead atoms. The van der Waals surface area contributed by atoms with E-state index in [-0.39, 0.29) is 24.0 Å². The first-order chi connectivity index (χ1) is 9.69. The first kappa shape index (κ1) is 17.4. The van der Waals surface area contributed by atoms with Gasteiger partial charge in [0, 0.05) is 20.6 Å². The number of rotatable bonds is 4. The summed E-state index contributed by atoms with van der Waals surface area (Å²) in [7, 11) is 3.62. The first-order valence-electron chi connectivity index (χ1n) is 6.52. The van der Waals surface area contributed by atoms with E-state index in [0.29, 0.717) is 6.54 Å². The van der Waals surface area contributed by atoms with Crippen molar-refractivity contribution in [3.05, 3.63) is 47.5 Å². The van der Waals surface area contributed by atoms with E-state index in [4.69, 9.17) is 0 Å². The van der Waals surface area contributed by atoms with Crippen LogP contribution in [0.3, 0.4) is 0 Å². The zero-order valence-electron chi connectivity index (χ0n) is 12.5. The molecule has 0 spiro atoms. The summed E-state index contributed by atoms with van der Waals surface area (Å²) < 4.78 is 1.74. The lowest BCUT2D eigenvalue weighted by Crippen LogP contribution is -2.36. The number of hydrogen-bond acceptors (Lipinski definition) is 3. The van der Waals surface area contributed by atoms with E-state index >= 15 is 0 Å². The van der Waals surface area contributed by atoms with Gasteiger partial charge in [0.2, 0.25) is 0 Å². The van der Waals surface area contributed by atoms with E-state index in [2.05, 4.69) is 56.9 Å². The molecule has 2 N–H and O–H groups in total. The Balaban J connectivity index is 0.00000220. The largest absolute Gasteiger partial charge is 0.352 e. The normalized spacial score (nSPS) is 10.9. The Bertz CT molecular complexity index is 575. The Kier molecular flexibility index (Phi) is 7.13. The summed E-state index contributed by atoms with van der Waals surface area (Å²) in [6.07, 6.45) is 1.54. The lowest BCUT2D eigenvalue weighted by molar-refractivity contribution is 0.672. The van der Waals surface area contributed by atoms with Gasteiger partial charge in [-0.3, -0.25) is 9.67 Å². The topological polar surface area (TPSA) is 67.1 Å². The molecule has 0 saturated heterocycles. The van der Waals surface area contributed by atoms with Crippen LogP contribution in [0.5, 0.6) is 0 Å². The van der Waals surface area contributed by atoms with Crippen molar-refractivity contribution >= 4 is 29.9 Å². The van der Waals surface area contributed by atoms with Gasteiger partial charge in [-0.05, 0) is 12.5 Å². The Morgan fingerprint density at radius 1 is 1.19 bits per heavy atom. The smallest absolute Gasteiger partial charge is 0.191 e. The van der Waals surface area contributed by atoms with Crippen molar-refractivity contribution < 1.29 is 0 Å². The number of benzene rings is 1. The molecular weight excluding hydrogens is 379 g/mol. The van der Waals surface area contributed by atoms with E-state index < -0.39 is 0 Å². The molecule has 0 amide bonds. The minimum Gasteiger partial charge on any atom is -0.352 e. The number of nitrogens with one attached hydrogen (secondary N) is 2. The van der Waals surface area contributed by atoms with Gasteiger partial charge in [-0.2, -0.15) is 5.10 Å². The molecule has 114 valence electrons. The van der Waals surface area contributed by atoms with E-state index in [0.717, 1.165) is 18.3 Å². The van der Waals surface area contributed by atoms with Crippen molar-refractivity contribution in [1.29, 1.82) is 0 Å². The molecule has 0 saturated carbocycles. The summed E-state index contributed by atoms with van der Waals surface area (Å²) in [4.78, 5) is 8.34. The molecule has 1 aromatic heterocycles. The van der Waals surface area contributed by atoms with Crippen molar-refractivity contribution in [2.24, 2.45) is 12.0 Å². The van der Waals surface area contributed by atoms with Crippen LogP contribution in [0, 0.1) is 6.92 Å². The minimum absolute atomic E-state index is 0. The van der Waals surface area contributed by atoms with Crippen LogP contribution in [0.1, 0.15) is 17.0 Å². The second kappa shape index (κ2) is 8.60. The van der Waals surface area contributed by atoms with Gasteiger partial charge in [-0.1, -0.05) is 29.8 Å². The Hall–Kier alpha value is -1.64. The van der Waals surface area contributed by atoms with Crippen molar-refractivity contribution in [1.82, 2.24) is 25.4 Å². The molecule has 7 heteroatoms. The Morgan fingerprint density at radius 3 is 2.43 bits per heavy atom. The van der Waals surface area contributed by atoms with Crippen molar-refractivity contribution in [2.75, 3.05) is 7.05 Å². The summed E-state index contributed by atoms with van der Waals surface area (Å²) in [6, 6.07) is 8.43. The lowest BCUT2D eigenvalue weighted by Gasteiger charge is -2.11. The van der Waals surface area contributed by atoms with E-state index in [1.807, 2.05) is 7.05 Å². The fourth-order valence-corrected chi connectivity index (χ4v) is 1.76. The second-order valence-corrected chi connectivity index (χ2v) is 4.56. The number of nitrogens with zero attached hydrogens (tertiary/aromatic N) is 4. The second-order valence-electron chi connectivity index (χ2n) is 4.56. The fourth-order valence-electron chi connectivity index (χ4n) is 1.76. The molecule has 0 atom stereocenters. The zero-order chi connectivity index (χ0) is 14.4. The highest BCUT2D eigenvalue weighted by molar-refractivity contribution is 14.0. The van der Waals surface area contributed by atoms with Gasteiger partial charge < -0.3 is 10.6 Å². The molecular formula is C14H21IN6. The molecule has 0 fully saturated rings. The standard InChI is InChI=1S/C14H20N6.HI/c1-11-4-6-12(7-5-11)8-16-14(15-2)17-9-13-18-10-19-20(13)3;/h4-7,10H,8-9H2,1-3H3,(H2,15,16,17);1H. The molecule has 0 unspecified atom stereocenters. The molecule has 0 aliphatic heterocycles. The molecule has 21 heavy (non-hydrogen) atoms. The number of guanidine groups is 1. The SMILES string of the molecule is CN=C(NCc1ccc(C)cc1)NCc1ncnn1C.I. The maximum atomic E-state index is 4.19. The summed E-state index contributed by atoms with van der Waals surface area (Å²) in [5.41, 5.74) is 2.48. The summed E-state index contributed by atoms with van der Waals surface area (Å²) in [5.74, 6) is 1.61. The highest BCUT2D eigenvalue weighted by Gasteiger charge is 2.02. The summed E-state index contributed by atoms with van der Waals surface area (Å²) in [5, 5.41) is 10.5. The van der Waals surface area contributed by atoms with Crippen LogP contribution in [0.4, 0.5) is 0 Å². The van der Waals surface area contributed by atoms with Crippen molar-refractivity contribution in [2.45, 2.75) is 20.0 Å². The average molecular weight is 400 g/mol. The maximum Gasteiger partial charge on any atom is 0.191 e. The third-order valence-corrected chi connectivity index (χ3v) is 3.02. The summed E-state index contributed by atoms with van der Waals surface area (Å²) >= 11 is 0. The van der Waals surface area contributed by atoms with Crippen LogP contribution in [-0.2, 0) is 20.1 Å². The predicted molar refractivity (Wildman–Crippen MR) is 94.6 cm³/mol. The van der Waals surface area contributed by atoms with E-state index in [1.165, 1.54) is 11.1 Å².